The van der Waals surface area contributed by atoms with Gasteiger partial charge in [-0.25, -0.2) is 0 Å². The molecule has 0 aliphatic carbocycles. The van der Waals surface area contributed by atoms with Gasteiger partial charge in [-0.3, -0.25) is 19.5 Å². The number of hydrogen-bond donors (Lipinski definition) is 0. The first-order valence-electron chi connectivity index (χ1n) is 17.8. The Bertz CT molecular complexity index is 1990. The lowest BCUT2D eigenvalue weighted by Gasteiger charge is -2.39. The number of carbonyl (C=O) groups is 2. The molecule has 1 aliphatic rings. The zero-order valence-corrected chi connectivity index (χ0v) is 30.0. The van der Waals surface area contributed by atoms with Crippen LogP contribution >= 0.6 is 0 Å². The molecule has 0 spiro atoms. The van der Waals surface area contributed by atoms with E-state index in [4.69, 9.17) is 0 Å². The molecule has 5 aromatic rings. The van der Waals surface area contributed by atoms with Gasteiger partial charge in [-0.05, 0) is 66.4 Å². The maximum atomic E-state index is 14.6. The highest BCUT2D eigenvalue weighted by molar-refractivity contribution is 5.95. The average molecular weight is 717 g/mol. The normalized spacial score (nSPS) is 14.3. The molecule has 0 bridgehead atoms. The van der Waals surface area contributed by atoms with Gasteiger partial charge in [-0.15, -0.1) is 0 Å². The summed E-state index contributed by atoms with van der Waals surface area (Å²) in [6, 6.07) is 33.5. The van der Waals surface area contributed by atoms with E-state index in [-0.39, 0.29) is 12.5 Å². The van der Waals surface area contributed by atoms with E-state index < -0.39 is 23.7 Å². The van der Waals surface area contributed by atoms with E-state index in [0.29, 0.717) is 38.2 Å². The first-order chi connectivity index (χ1) is 25.5. The summed E-state index contributed by atoms with van der Waals surface area (Å²) in [5.74, 6) is -0.553. The largest absolute Gasteiger partial charge is 0.416 e. The van der Waals surface area contributed by atoms with Crippen molar-refractivity contribution >= 4 is 17.9 Å². The summed E-state index contributed by atoms with van der Waals surface area (Å²) < 4.78 is 39.6. The topological polar surface area (TPSA) is 56.8 Å². The SMILES string of the molecule is Cc1cc(C)cc(CN2CCN(C(=O)[C@H](Cc3ccccc3)N(Cc3ccc(-c4ccccn4)cc3)C(=O)C=Cc3ccc(C(F)(F)F)cc3)CC2)c1. The molecule has 0 unspecified atom stereocenters. The van der Waals surface area contributed by atoms with Crippen LogP contribution < -0.4 is 0 Å². The summed E-state index contributed by atoms with van der Waals surface area (Å²) >= 11 is 0. The number of carbonyl (C=O) groups excluding carboxylic acids is 2. The van der Waals surface area contributed by atoms with Gasteiger partial charge < -0.3 is 9.80 Å². The van der Waals surface area contributed by atoms with Crippen molar-refractivity contribution in [1.29, 1.82) is 0 Å². The van der Waals surface area contributed by atoms with Crippen molar-refractivity contribution in [2.24, 2.45) is 0 Å². The summed E-state index contributed by atoms with van der Waals surface area (Å²) in [6.07, 6.45) is 0.411. The number of aromatic nitrogens is 1. The molecule has 2 heterocycles. The van der Waals surface area contributed by atoms with Crippen LogP contribution in [0.4, 0.5) is 13.2 Å². The number of aryl methyl sites for hydroxylation is 2. The van der Waals surface area contributed by atoms with E-state index in [1.54, 1.807) is 11.1 Å². The molecular weight excluding hydrogens is 674 g/mol. The van der Waals surface area contributed by atoms with Crippen LogP contribution in [0.15, 0.2) is 128 Å². The minimum atomic E-state index is -4.46. The molecule has 4 aromatic carbocycles. The van der Waals surface area contributed by atoms with E-state index in [1.165, 1.54) is 41.0 Å². The van der Waals surface area contributed by atoms with E-state index in [1.807, 2.05) is 77.7 Å². The third kappa shape index (κ3) is 10.1. The zero-order valence-electron chi connectivity index (χ0n) is 30.0. The number of benzene rings is 4. The van der Waals surface area contributed by atoms with Gasteiger partial charge in [0.2, 0.25) is 11.8 Å². The Morgan fingerprint density at radius 3 is 2.06 bits per heavy atom. The van der Waals surface area contributed by atoms with Crippen LogP contribution in [0.2, 0.25) is 0 Å². The van der Waals surface area contributed by atoms with Gasteiger partial charge in [0, 0.05) is 63.5 Å². The van der Waals surface area contributed by atoms with Crippen LogP contribution in [-0.2, 0) is 35.3 Å². The lowest BCUT2D eigenvalue weighted by atomic mass is 10.0. The third-order valence-corrected chi connectivity index (χ3v) is 9.51. The molecule has 6 nitrogen and oxygen atoms in total. The number of hydrogen-bond acceptors (Lipinski definition) is 4. The fourth-order valence-corrected chi connectivity index (χ4v) is 6.82. The van der Waals surface area contributed by atoms with Crippen molar-refractivity contribution in [2.45, 2.75) is 45.6 Å². The molecule has 53 heavy (non-hydrogen) atoms. The minimum Gasteiger partial charge on any atom is -0.338 e. The summed E-state index contributed by atoms with van der Waals surface area (Å²) in [5, 5.41) is 0. The van der Waals surface area contributed by atoms with E-state index in [2.05, 4.69) is 41.9 Å². The molecule has 6 rings (SSSR count). The predicted octanol–water partition coefficient (Wildman–Crippen LogP) is 8.38. The Kier molecular flexibility index (Phi) is 11.8. The van der Waals surface area contributed by atoms with Gasteiger partial charge in [0.05, 0.1) is 11.3 Å². The molecule has 0 N–H and O–H groups in total. The highest BCUT2D eigenvalue weighted by Crippen LogP contribution is 2.29. The number of pyridine rings is 1. The van der Waals surface area contributed by atoms with Gasteiger partial charge in [-0.2, -0.15) is 13.2 Å². The molecule has 0 saturated carbocycles. The first-order valence-corrected chi connectivity index (χ1v) is 17.8. The molecule has 1 fully saturated rings. The first kappa shape index (κ1) is 37.2. The van der Waals surface area contributed by atoms with Gasteiger partial charge in [0.1, 0.15) is 6.04 Å². The smallest absolute Gasteiger partial charge is 0.338 e. The summed E-state index contributed by atoms with van der Waals surface area (Å²) in [4.78, 5) is 39.1. The van der Waals surface area contributed by atoms with Crippen molar-refractivity contribution < 1.29 is 22.8 Å². The molecule has 1 aliphatic heterocycles. The maximum absolute atomic E-state index is 14.6. The highest BCUT2D eigenvalue weighted by Gasteiger charge is 2.34. The molecule has 1 atom stereocenters. The number of alkyl halides is 3. The van der Waals surface area contributed by atoms with Crippen molar-refractivity contribution in [3.05, 3.63) is 166 Å². The van der Waals surface area contributed by atoms with E-state index >= 15 is 0 Å². The molecule has 0 radical (unpaired) electrons. The molecule has 2 amide bonds. The van der Waals surface area contributed by atoms with Crippen LogP contribution in [0.5, 0.6) is 0 Å². The van der Waals surface area contributed by atoms with Crippen LogP contribution in [0, 0.1) is 13.8 Å². The number of rotatable bonds is 11. The third-order valence-electron chi connectivity index (χ3n) is 9.51. The standard InChI is InChI=1S/C44H43F3N4O2/c1-32-26-33(2)28-37(27-32)30-49-22-24-50(25-23-49)43(53)41(29-35-8-4-3-5-9-35)51(31-36-11-16-38(17-12-36)40-10-6-7-21-48-40)42(52)20-15-34-13-18-39(19-14-34)44(45,46)47/h3-21,26-28,41H,22-25,29-31H2,1-2H3/t41-/m0/s1. The predicted molar refractivity (Wildman–Crippen MR) is 202 cm³/mol. The van der Waals surface area contributed by atoms with Crippen LogP contribution in [0.3, 0.4) is 0 Å². The van der Waals surface area contributed by atoms with Gasteiger partial charge in [-0.1, -0.05) is 102 Å². The summed E-state index contributed by atoms with van der Waals surface area (Å²) in [6.45, 7) is 7.59. The Morgan fingerprint density at radius 2 is 1.43 bits per heavy atom. The van der Waals surface area contributed by atoms with Crippen LogP contribution in [-0.4, -0.2) is 63.7 Å². The Balaban J connectivity index is 1.27. The zero-order chi connectivity index (χ0) is 37.4. The minimum absolute atomic E-state index is 0.138. The van der Waals surface area contributed by atoms with Crippen LogP contribution in [0.1, 0.15) is 38.9 Å². The highest BCUT2D eigenvalue weighted by atomic mass is 19.4. The van der Waals surface area contributed by atoms with Crippen molar-refractivity contribution in [3.8, 4) is 11.3 Å². The molecule has 1 aromatic heterocycles. The van der Waals surface area contributed by atoms with Gasteiger partial charge in [0.15, 0.2) is 0 Å². The number of piperazine rings is 1. The van der Waals surface area contributed by atoms with Crippen LogP contribution in [0.25, 0.3) is 17.3 Å². The molecule has 9 heteroatoms. The second-order valence-corrected chi connectivity index (χ2v) is 13.6. The number of amides is 2. The molecule has 1 saturated heterocycles. The Morgan fingerprint density at radius 1 is 0.774 bits per heavy atom. The Labute approximate surface area is 309 Å². The summed E-state index contributed by atoms with van der Waals surface area (Å²) in [5.41, 5.74) is 6.85. The molecular formula is C44H43F3N4O2. The Hall–Kier alpha value is -5.54. The van der Waals surface area contributed by atoms with Crippen molar-refractivity contribution in [1.82, 2.24) is 19.7 Å². The number of halogens is 3. The maximum Gasteiger partial charge on any atom is 0.416 e. The van der Waals surface area contributed by atoms with Crippen molar-refractivity contribution in [3.63, 3.8) is 0 Å². The molecule has 272 valence electrons. The van der Waals surface area contributed by atoms with Gasteiger partial charge >= 0.3 is 6.18 Å². The average Bonchev–Trinajstić information content (AvgIpc) is 3.16. The number of nitrogens with zero attached hydrogens (tertiary/aromatic N) is 4. The second kappa shape index (κ2) is 16.9. The van der Waals surface area contributed by atoms with E-state index in [0.717, 1.165) is 41.1 Å². The van der Waals surface area contributed by atoms with E-state index in [9.17, 15) is 22.8 Å². The lowest BCUT2D eigenvalue weighted by molar-refractivity contribution is -0.145. The quantitative estimate of drug-likeness (QED) is 0.129. The summed E-state index contributed by atoms with van der Waals surface area (Å²) in [7, 11) is 0. The second-order valence-electron chi connectivity index (χ2n) is 13.6. The lowest BCUT2D eigenvalue weighted by Crippen LogP contribution is -2.56. The fourth-order valence-electron chi connectivity index (χ4n) is 6.82. The van der Waals surface area contributed by atoms with Gasteiger partial charge in [0.25, 0.3) is 0 Å². The van der Waals surface area contributed by atoms with Crippen molar-refractivity contribution in [2.75, 3.05) is 26.2 Å². The fraction of sp³-hybridized carbons (Fsp3) is 0.250. The monoisotopic (exact) mass is 716 g/mol.